The summed E-state index contributed by atoms with van der Waals surface area (Å²) >= 11 is 1.32. The molecule has 9 heteroatoms. The van der Waals surface area contributed by atoms with Gasteiger partial charge in [-0.15, -0.1) is 0 Å². The normalized spacial score (nSPS) is 14.8. The first-order valence-corrected chi connectivity index (χ1v) is 11.4. The molecule has 0 unspecified atom stereocenters. The predicted octanol–water partition coefficient (Wildman–Crippen LogP) is 3.40. The Balaban J connectivity index is 1.35. The minimum absolute atomic E-state index is 0.608. The molecule has 0 atom stereocenters. The second-order valence-corrected chi connectivity index (χ2v) is 8.32. The van der Waals surface area contributed by atoms with Gasteiger partial charge in [-0.25, -0.2) is 15.0 Å². The molecule has 4 heterocycles. The first-order chi connectivity index (χ1) is 15.2. The van der Waals surface area contributed by atoms with Gasteiger partial charge in [-0.1, -0.05) is 24.1 Å². The number of nitrogens with one attached hydrogen (secondary N) is 2. The van der Waals surface area contributed by atoms with Crippen LogP contribution in [0.2, 0.25) is 0 Å². The van der Waals surface area contributed by atoms with E-state index in [2.05, 4.69) is 44.6 Å². The SMILES string of the molecule is Cc1c(N2CCc3cnc(Nc4ccc(CSN)cc4)nc3C2)cnc2c1NCCO2. The number of pyridine rings is 1. The Kier molecular flexibility index (Phi) is 5.52. The van der Waals surface area contributed by atoms with E-state index in [9.17, 15) is 0 Å². The molecule has 1 aromatic carbocycles. The van der Waals surface area contributed by atoms with Crippen LogP contribution in [0.4, 0.5) is 23.0 Å². The van der Waals surface area contributed by atoms with Crippen molar-refractivity contribution in [3.8, 4) is 5.88 Å². The van der Waals surface area contributed by atoms with Crippen molar-refractivity contribution >= 4 is 35.0 Å². The van der Waals surface area contributed by atoms with Crippen molar-refractivity contribution in [1.29, 1.82) is 0 Å². The molecule has 0 bridgehead atoms. The molecule has 3 aromatic rings. The number of aromatic nitrogens is 3. The van der Waals surface area contributed by atoms with Crippen molar-refractivity contribution in [3.63, 3.8) is 0 Å². The molecule has 0 spiro atoms. The Hall–Kier alpha value is -3.04. The molecular formula is C22H25N7OS. The van der Waals surface area contributed by atoms with E-state index in [1.54, 1.807) is 0 Å². The third-order valence-electron chi connectivity index (χ3n) is 5.67. The number of hydrogen-bond donors (Lipinski definition) is 3. The lowest BCUT2D eigenvalue weighted by molar-refractivity contribution is 0.310. The van der Waals surface area contributed by atoms with Gasteiger partial charge in [0.15, 0.2) is 0 Å². The van der Waals surface area contributed by atoms with E-state index in [-0.39, 0.29) is 0 Å². The van der Waals surface area contributed by atoms with E-state index < -0.39 is 0 Å². The van der Waals surface area contributed by atoms with Crippen molar-refractivity contribution in [1.82, 2.24) is 15.0 Å². The van der Waals surface area contributed by atoms with Crippen molar-refractivity contribution < 1.29 is 4.74 Å². The van der Waals surface area contributed by atoms with Gasteiger partial charge in [-0.2, -0.15) is 0 Å². The van der Waals surface area contributed by atoms with Gasteiger partial charge in [-0.05, 0) is 36.6 Å². The minimum atomic E-state index is 0.608. The summed E-state index contributed by atoms with van der Waals surface area (Å²) in [6, 6.07) is 8.17. The molecule has 0 amide bonds. The van der Waals surface area contributed by atoms with Gasteiger partial charge in [0.25, 0.3) is 0 Å². The van der Waals surface area contributed by atoms with Crippen LogP contribution < -0.4 is 25.4 Å². The molecule has 31 heavy (non-hydrogen) atoms. The number of nitrogens with zero attached hydrogens (tertiary/aromatic N) is 4. The molecule has 160 valence electrons. The summed E-state index contributed by atoms with van der Waals surface area (Å²) in [5, 5.41) is 12.3. The second kappa shape index (κ2) is 8.60. The van der Waals surface area contributed by atoms with E-state index in [4.69, 9.17) is 14.9 Å². The van der Waals surface area contributed by atoms with Gasteiger partial charge < -0.3 is 20.3 Å². The maximum absolute atomic E-state index is 5.67. The monoisotopic (exact) mass is 435 g/mol. The number of ether oxygens (including phenoxy) is 1. The summed E-state index contributed by atoms with van der Waals surface area (Å²) in [5.74, 6) is 2.09. The number of hydrogen-bond acceptors (Lipinski definition) is 9. The fourth-order valence-corrected chi connectivity index (χ4v) is 4.39. The lowest BCUT2D eigenvalue weighted by Gasteiger charge is -2.32. The van der Waals surface area contributed by atoms with Crippen molar-refractivity contribution in [2.75, 3.05) is 35.2 Å². The average Bonchev–Trinajstić information content (AvgIpc) is 2.80. The summed E-state index contributed by atoms with van der Waals surface area (Å²) in [6.07, 6.45) is 4.75. The summed E-state index contributed by atoms with van der Waals surface area (Å²) in [7, 11) is 0. The smallest absolute Gasteiger partial charge is 0.237 e. The van der Waals surface area contributed by atoms with Crippen LogP contribution in [0.1, 0.15) is 22.4 Å². The highest BCUT2D eigenvalue weighted by molar-refractivity contribution is 7.96. The number of benzene rings is 1. The van der Waals surface area contributed by atoms with Gasteiger partial charge in [0.1, 0.15) is 12.3 Å². The van der Waals surface area contributed by atoms with Gasteiger partial charge in [0.05, 0.1) is 24.1 Å². The topological polar surface area (TPSA) is 101 Å². The molecule has 2 aliphatic rings. The van der Waals surface area contributed by atoms with Gasteiger partial charge in [0, 0.05) is 36.3 Å². The van der Waals surface area contributed by atoms with Crippen LogP contribution in [0.25, 0.3) is 0 Å². The second-order valence-electron chi connectivity index (χ2n) is 7.69. The third kappa shape index (κ3) is 4.11. The van der Waals surface area contributed by atoms with Crippen molar-refractivity contribution in [2.45, 2.75) is 25.6 Å². The van der Waals surface area contributed by atoms with Crippen LogP contribution in [0.3, 0.4) is 0 Å². The maximum Gasteiger partial charge on any atom is 0.237 e. The van der Waals surface area contributed by atoms with Crippen LogP contribution in [-0.2, 0) is 18.7 Å². The number of nitrogens with two attached hydrogens (primary N) is 1. The first-order valence-electron chi connectivity index (χ1n) is 10.3. The Labute approximate surface area is 185 Å². The molecule has 0 saturated heterocycles. The lowest BCUT2D eigenvalue weighted by Crippen LogP contribution is -2.32. The highest BCUT2D eigenvalue weighted by Gasteiger charge is 2.24. The minimum Gasteiger partial charge on any atom is -0.474 e. The van der Waals surface area contributed by atoms with Crippen LogP contribution in [0.5, 0.6) is 5.88 Å². The predicted molar refractivity (Wildman–Crippen MR) is 125 cm³/mol. The standard InChI is InChI=1S/C22H25N7OS/c1-14-19(11-25-21-20(14)24-7-9-30-21)29-8-6-16-10-26-22(28-18(16)12-29)27-17-4-2-15(3-5-17)13-31-23/h2-5,10-11,24H,6-9,12-13,23H2,1H3,(H,26,27,28). The zero-order valence-corrected chi connectivity index (χ0v) is 18.2. The van der Waals surface area contributed by atoms with Crippen molar-refractivity contribution in [2.24, 2.45) is 5.14 Å². The Bertz CT molecular complexity index is 1090. The highest BCUT2D eigenvalue weighted by Crippen LogP contribution is 2.36. The Morgan fingerprint density at radius 3 is 2.94 bits per heavy atom. The molecule has 0 saturated carbocycles. The number of anilines is 4. The molecule has 0 radical (unpaired) electrons. The largest absolute Gasteiger partial charge is 0.474 e. The maximum atomic E-state index is 5.67. The van der Waals surface area contributed by atoms with E-state index >= 15 is 0 Å². The third-order valence-corrected chi connectivity index (χ3v) is 6.17. The molecule has 0 fully saturated rings. The number of fused-ring (bicyclic) bond motifs is 2. The summed E-state index contributed by atoms with van der Waals surface area (Å²) in [6.45, 7) is 5.20. The van der Waals surface area contributed by atoms with Crippen LogP contribution in [0.15, 0.2) is 36.7 Å². The summed E-state index contributed by atoms with van der Waals surface area (Å²) < 4.78 is 5.67. The summed E-state index contributed by atoms with van der Waals surface area (Å²) in [4.78, 5) is 16.2. The van der Waals surface area contributed by atoms with Crippen LogP contribution >= 0.6 is 11.9 Å². The zero-order chi connectivity index (χ0) is 21.2. The fourth-order valence-electron chi connectivity index (χ4n) is 4.01. The quantitative estimate of drug-likeness (QED) is 0.521. The summed E-state index contributed by atoms with van der Waals surface area (Å²) in [5.41, 5.74) is 7.66. The Morgan fingerprint density at radius 1 is 1.23 bits per heavy atom. The number of rotatable bonds is 5. The molecule has 2 aliphatic heterocycles. The molecular weight excluding hydrogens is 410 g/mol. The van der Waals surface area contributed by atoms with Gasteiger partial charge >= 0.3 is 0 Å². The van der Waals surface area contributed by atoms with E-state index in [1.807, 2.05) is 24.5 Å². The van der Waals surface area contributed by atoms with E-state index in [1.165, 1.54) is 23.1 Å². The average molecular weight is 436 g/mol. The van der Waals surface area contributed by atoms with Crippen LogP contribution in [-0.4, -0.2) is 34.6 Å². The Morgan fingerprint density at radius 2 is 2.10 bits per heavy atom. The lowest BCUT2D eigenvalue weighted by atomic mass is 10.0. The van der Waals surface area contributed by atoms with Crippen molar-refractivity contribution in [3.05, 3.63) is 59.0 Å². The highest BCUT2D eigenvalue weighted by atomic mass is 32.2. The van der Waals surface area contributed by atoms with E-state index in [0.717, 1.165) is 60.1 Å². The molecule has 0 aliphatic carbocycles. The zero-order valence-electron chi connectivity index (χ0n) is 17.4. The van der Waals surface area contributed by atoms with E-state index in [0.29, 0.717) is 18.4 Å². The van der Waals surface area contributed by atoms with Gasteiger partial charge in [-0.3, -0.25) is 5.14 Å². The fraction of sp³-hybridized carbons (Fsp3) is 0.318. The van der Waals surface area contributed by atoms with Gasteiger partial charge in [0.2, 0.25) is 11.8 Å². The molecule has 2 aromatic heterocycles. The molecule has 8 nitrogen and oxygen atoms in total. The molecule has 4 N–H and O–H groups in total. The molecule has 5 rings (SSSR count). The van der Waals surface area contributed by atoms with Crippen LogP contribution in [0, 0.1) is 6.92 Å². The first kappa shape index (κ1) is 19.9.